The number of carbonyl (C=O) groups is 2. The zero-order valence-electron chi connectivity index (χ0n) is 9.16. The fourth-order valence-electron chi connectivity index (χ4n) is 1.58. The number of primary amides is 1. The lowest BCUT2D eigenvalue weighted by atomic mass is 9.97. The molecule has 5 N–H and O–H groups in total. The average molecular weight is 231 g/mol. The molecule has 0 aromatic rings. The third-order valence-corrected chi connectivity index (χ3v) is 2.64. The average Bonchev–Trinajstić information content (AvgIpc) is 2.46. The van der Waals surface area contributed by atoms with Crippen LogP contribution >= 0.6 is 0 Å². The molecule has 1 saturated heterocycles. The fraction of sp³-hybridized carbons (Fsp3) is 0.778. The third-order valence-electron chi connectivity index (χ3n) is 2.64. The second-order valence-electron chi connectivity index (χ2n) is 3.88. The van der Waals surface area contributed by atoms with Gasteiger partial charge >= 0.3 is 6.03 Å². The van der Waals surface area contributed by atoms with Gasteiger partial charge < -0.3 is 20.9 Å². The largest absolute Gasteiger partial charge is 0.386 e. The van der Waals surface area contributed by atoms with Gasteiger partial charge in [0.2, 0.25) is 5.91 Å². The van der Waals surface area contributed by atoms with Gasteiger partial charge in [-0.3, -0.25) is 10.1 Å². The number of imide groups is 1. The van der Waals surface area contributed by atoms with Gasteiger partial charge in [0.15, 0.2) is 0 Å². The number of rotatable bonds is 4. The second-order valence-corrected chi connectivity index (χ2v) is 3.88. The highest BCUT2D eigenvalue weighted by Gasteiger charge is 2.39. The number of hydrogen-bond donors (Lipinski definition) is 4. The summed E-state index contributed by atoms with van der Waals surface area (Å²) in [6.45, 7) is 2.45. The maximum Gasteiger partial charge on any atom is 0.318 e. The van der Waals surface area contributed by atoms with Crippen LogP contribution in [0.25, 0.3) is 0 Å². The molecule has 7 heteroatoms. The van der Waals surface area contributed by atoms with Gasteiger partial charge in [0.25, 0.3) is 0 Å². The van der Waals surface area contributed by atoms with E-state index in [1.54, 1.807) is 6.92 Å². The summed E-state index contributed by atoms with van der Waals surface area (Å²) in [5.74, 6) is -0.525. The van der Waals surface area contributed by atoms with Crippen LogP contribution in [0.15, 0.2) is 0 Å². The van der Waals surface area contributed by atoms with Crippen molar-refractivity contribution in [2.24, 2.45) is 5.73 Å². The van der Waals surface area contributed by atoms with Gasteiger partial charge in [0, 0.05) is 19.6 Å². The molecule has 0 aromatic heterocycles. The maximum absolute atomic E-state index is 11.0. The van der Waals surface area contributed by atoms with Crippen LogP contribution in [0.4, 0.5) is 4.79 Å². The smallest absolute Gasteiger partial charge is 0.318 e. The van der Waals surface area contributed by atoms with Crippen LogP contribution in [0.3, 0.4) is 0 Å². The third kappa shape index (κ3) is 3.44. The molecule has 1 aliphatic rings. The lowest BCUT2D eigenvalue weighted by molar-refractivity contribution is -0.119. The summed E-state index contributed by atoms with van der Waals surface area (Å²) in [4.78, 5) is 21.4. The van der Waals surface area contributed by atoms with Crippen molar-refractivity contribution in [3.8, 4) is 0 Å². The fourth-order valence-corrected chi connectivity index (χ4v) is 1.58. The van der Waals surface area contributed by atoms with Crippen molar-refractivity contribution >= 4 is 11.9 Å². The first-order chi connectivity index (χ1) is 7.44. The highest BCUT2D eigenvalue weighted by atomic mass is 16.5. The molecule has 1 aliphatic heterocycles. The first kappa shape index (κ1) is 12.9. The molecule has 0 spiro atoms. The second kappa shape index (κ2) is 5.24. The van der Waals surface area contributed by atoms with Crippen molar-refractivity contribution in [2.75, 3.05) is 19.7 Å². The lowest BCUT2D eigenvalue weighted by Crippen LogP contribution is -2.49. The molecule has 0 aromatic carbocycles. The van der Waals surface area contributed by atoms with Crippen molar-refractivity contribution in [1.82, 2.24) is 10.6 Å². The Labute approximate surface area is 93.3 Å². The van der Waals surface area contributed by atoms with E-state index < -0.39 is 17.5 Å². The van der Waals surface area contributed by atoms with Crippen LogP contribution in [0.5, 0.6) is 0 Å². The Hall–Kier alpha value is -1.18. The van der Waals surface area contributed by atoms with E-state index in [0.717, 1.165) is 0 Å². The first-order valence-corrected chi connectivity index (χ1v) is 5.08. The van der Waals surface area contributed by atoms with Crippen LogP contribution in [0, 0.1) is 0 Å². The van der Waals surface area contributed by atoms with Gasteiger partial charge in [-0.15, -0.1) is 0 Å². The Morgan fingerprint density at radius 3 is 2.81 bits per heavy atom. The lowest BCUT2D eigenvalue weighted by Gasteiger charge is -2.26. The van der Waals surface area contributed by atoms with Crippen molar-refractivity contribution < 1.29 is 19.4 Å². The van der Waals surface area contributed by atoms with E-state index in [-0.39, 0.29) is 19.2 Å². The van der Waals surface area contributed by atoms with E-state index in [4.69, 9.17) is 10.5 Å². The molecule has 1 rings (SSSR count). The summed E-state index contributed by atoms with van der Waals surface area (Å²) >= 11 is 0. The van der Waals surface area contributed by atoms with Gasteiger partial charge in [0.1, 0.15) is 5.60 Å². The molecule has 2 unspecified atom stereocenters. The highest BCUT2D eigenvalue weighted by Crippen LogP contribution is 2.24. The van der Waals surface area contributed by atoms with Gasteiger partial charge in [0.05, 0.1) is 12.6 Å². The molecule has 3 amide bonds. The molecule has 0 aliphatic carbocycles. The van der Waals surface area contributed by atoms with Crippen molar-refractivity contribution in [2.45, 2.75) is 25.0 Å². The van der Waals surface area contributed by atoms with Crippen LogP contribution in [0.2, 0.25) is 0 Å². The number of aliphatic hydroxyl groups is 1. The minimum absolute atomic E-state index is 0.0715. The standard InChI is InChI=1S/C9H17N3O4/c1-6-9(15,2-3-16-6)5-11-4-7(13)12-8(10)14/h6,11,15H,2-5H2,1H3,(H3,10,12,13,14). The van der Waals surface area contributed by atoms with E-state index in [1.807, 2.05) is 5.32 Å². The zero-order valence-corrected chi connectivity index (χ0v) is 9.16. The summed E-state index contributed by atoms with van der Waals surface area (Å²) in [6, 6.07) is -0.886. The Morgan fingerprint density at radius 1 is 1.62 bits per heavy atom. The van der Waals surface area contributed by atoms with Gasteiger partial charge in [-0.1, -0.05) is 0 Å². The molecular formula is C9H17N3O4. The summed E-state index contributed by atoms with van der Waals surface area (Å²) < 4.78 is 5.23. The molecule has 16 heavy (non-hydrogen) atoms. The van der Waals surface area contributed by atoms with E-state index in [1.165, 1.54) is 0 Å². The van der Waals surface area contributed by atoms with Crippen LogP contribution in [-0.2, 0) is 9.53 Å². The first-order valence-electron chi connectivity index (χ1n) is 5.08. The van der Waals surface area contributed by atoms with Crippen LogP contribution in [-0.4, -0.2) is 48.4 Å². The number of urea groups is 1. The van der Waals surface area contributed by atoms with Crippen molar-refractivity contribution in [3.05, 3.63) is 0 Å². The molecule has 2 atom stereocenters. The molecule has 7 nitrogen and oxygen atoms in total. The summed E-state index contributed by atoms with van der Waals surface area (Å²) in [5.41, 5.74) is 3.82. The molecule has 0 radical (unpaired) electrons. The van der Waals surface area contributed by atoms with Crippen molar-refractivity contribution in [1.29, 1.82) is 0 Å². The molecule has 0 saturated carbocycles. The molecule has 0 bridgehead atoms. The molecule has 1 heterocycles. The Bertz CT molecular complexity index is 284. The quantitative estimate of drug-likeness (QED) is 0.461. The summed E-state index contributed by atoms with van der Waals surface area (Å²) in [5, 5.41) is 14.7. The molecule has 92 valence electrons. The van der Waals surface area contributed by atoms with E-state index in [9.17, 15) is 14.7 Å². The molecular weight excluding hydrogens is 214 g/mol. The Balaban J connectivity index is 2.25. The number of nitrogens with one attached hydrogen (secondary N) is 2. The predicted octanol–water partition coefficient (Wildman–Crippen LogP) is -1.69. The van der Waals surface area contributed by atoms with E-state index >= 15 is 0 Å². The zero-order chi connectivity index (χ0) is 12.2. The topological polar surface area (TPSA) is 114 Å². The van der Waals surface area contributed by atoms with Gasteiger partial charge in [-0.25, -0.2) is 4.79 Å². The summed E-state index contributed by atoms with van der Waals surface area (Å²) in [6.07, 6.45) is 0.262. The van der Waals surface area contributed by atoms with Crippen LogP contribution < -0.4 is 16.4 Å². The number of carbonyl (C=O) groups excluding carboxylic acids is 2. The summed E-state index contributed by atoms with van der Waals surface area (Å²) in [7, 11) is 0. The SMILES string of the molecule is CC1OCCC1(O)CNCC(=O)NC(N)=O. The number of ether oxygens (including phenoxy) is 1. The number of amides is 3. The maximum atomic E-state index is 11.0. The Morgan fingerprint density at radius 2 is 2.31 bits per heavy atom. The van der Waals surface area contributed by atoms with E-state index in [0.29, 0.717) is 13.0 Å². The number of hydrogen-bond acceptors (Lipinski definition) is 5. The van der Waals surface area contributed by atoms with E-state index in [2.05, 4.69) is 5.32 Å². The molecule has 1 fully saturated rings. The predicted molar refractivity (Wildman–Crippen MR) is 55.6 cm³/mol. The van der Waals surface area contributed by atoms with Gasteiger partial charge in [-0.05, 0) is 6.92 Å². The van der Waals surface area contributed by atoms with Gasteiger partial charge in [-0.2, -0.15) is 0 Å². The van der Waals surface area contributed by atoms with Crippen LogP contribution in [0.1, 0.15) is 13.3 Å². The monoisotopic (exact) mass is 231 g/mol. The highest BCUT2D eigenvalue weighted by molar-refractivity contribution is 5.94. The minimum Gasteiger partial charge on any atom is -0.386 e. The van der Waals surface area contributed by atoms with Crippen molar-refractivity contribution in [3.63, 3.8) is 0 Å². The Kier molecular flexibility index (Phi) is 4.22. The minimum atomic E-state index is -0.951. The number of nitrogens with two attached hydrogens (primary N) is 1. The normalized spacial score (nSPS) is 29.0.